The number of primary sulfonamides is 1. The van der Waals surface area contributed by atoms with Gasteiger partial charge < -0.3 is 14.4 Å². The molecular formula is C23H29N3O5S. The SMILES string of the molecule is COc1ccc(OC)c(CN(CC(=O)N2c3ccc(S(N)(=O)=O)cc3CC2C)C2CC2)c1. The predicted molar refractivity (Wildman–Crippen MR) is 121 cm³/mol. The van der Waals surface area contributed by atoms with Crippen LogP contribution >= 0.6 is 0 Å². The van der Waals surface area contributed by atoms with E-state index >= 15 is 0 Å². The van der Waals surface area contributed by atoms with E-state index in [4.69, 9.17) is 14.6 Å². The molecule has 2 aromatic carbocycles. The highest BCUT2D eigenvalue weighted by molar-refractivity contribution is 7.89. The number of fused-ring (bicyclic) bond motifs is 1. The molecule has 2 aliphatic rings. The summed E-state index contributed by atoms with van der Waals surface area (Å²) in [7, 11) is -0.521. The molecule has 9 heteroatoms. The summed E-state index contributed by atoms with van der Waals surface area (Å²) in [5.74, 6) is 1.50. The number of ether oxygens (including phenoxy) is 2. The molecular weight excluding hydrogens is 430 g/mol. The van der Waals surface area contributed by atoms with Crippen molar-refractivity contribution >= 4 is 21.6 Å². The number of nitrogens with two attached hydrogens (primary N) is 1. The van der Waals surface area contributed by atoms with E-state index in [1.807, 2.05) is 25.1 Å². The van der Waals surface area contributed by atoms with E-state index in [1.54, 1.807) is 31.3 Å². The van der Waals surface area contributed by atoms with Crippen LogP contribution in [-0.2, 0) is 27.8 Å². The molecule has 1 amide bonds. The zero-order chi connectivity index (χ0) is 23.0. The number of amides is 1. The quantitative estimate of drug-likeness (QED) is 0.650. The Bertz CT molecular complexity index is 1130. The third-order valence-corrected chi connectivity index (χ3v) is 7.04. The highest BCUT2D eigenvalue weighted by atomic mass is 32.2. The van der Waals surface area contributed by atoms with Gasteiger partial charge in [-0.3, -0.25) is 9.69 Å². The monoisotopic (exact) mass is 459 g/mol. The molecule has 1 heterocycles. The van der Waals surface area contributed by atoms with Crippen LogP contribution in [0, 0.1) is 0 Å². The van der Waals surface area contributed by atoms with E-state index in [9.17, 15) is 13.2 Å². The maximum absolute atomic E-state index is 13.4. The Balaban J connectivity index is 1.55. The number of sulfonamides is 1. The highest BCUT2D eigenvalue weighted by Crippen LogP contribution is 2.36. The van der Waals surface area contributed by atoms with Crippen LogP contribution in [0.25, 0.3) is 0 Å². The molecule has 0 spiro atoms. The van der Waals surface area contributed by atoms with Gasteiger partial charge in [-0.2, -0.15) is 0 Å². The second-order valence-corrected chi connectivity index (χ2v) is 10.0. The van der Waals surface area contributed by atoms with Gasteiger partial charge in [0.05, 0.1) is 25.7 Å². The van der Waals surface area contributed by atoms with Gasteiger partial charge in [0.25, 0.3) is 0 Å². The molecule has 1 aliphatic carbocycles. The van der Waals surface area contributed by atoms with Crippen molar-refractivity contribution in [3.05, 3.63) is 47.5 Å². The average Bonchev–Trinajstić information content (AvgIpc) is 3.54. The van der Waals surface area contributed by atoms with Crippen molar-refractivity contribution < 1.29 is 22.7 Å². The van der Waals surface area contributed by atoms with Gasteiger partial charge in [0.1, 0.15) is 11.5 Å². The number of methoxy groups -OCH3 is 2. The smallest absolute Gasteiger partial charge is 0.241 e. The number of rotatable bonds is 8. The maximum Gasteiger partial charge on any atom is 0.241 e. The molecule has 0 bridgehead atoms. The summed E-state index contributed by atoms with van der Waals surface area (Å²) in [6.07, 6.45) is 2.71. The lowest BCUT2D eigenvalue weighted by molar-refractivity contribution is -0.120. The second-order valence-electron chi connectivity index (χ2n) is 8.47. The van der Waals surface area contributed by atoms with Gasteiger partial charge in [0, 0.05) is 29.9 Å². The molecule has 0 aromatic heterocycles. The molecule has 32 heavy (non-hydrogen) atoms. The molecule has 0 saturated heterocycles. The Morgan fingerprint density at radius 2 is 1.91 bits per heavy atom. The molecule has 0 radical (unpaired) electrons. The number of anilines is 1. The first-order valence-corrected chi connectivity index (χ1v) is 12.2. The first-order valence-electron chi connectivity index (χ1n) is 10.6. The van der Waals surface area contributed by atoms with Crippen molar-refractivity contribution in [3.8, 4) is 11.5 Å². The van der Waals surface area contributed by atoms with E-state index in [-0.39, 0.29) is 23.4 Å². The maximum atomic E-state index is 13.4. The summed E-state index contributed by atoms with van der Waals surface area (Å²) in [6, 6.07) is 10.7. The molecule has 1 fully saturated rings. The molecule has 1 saturated carbocycles. The number of hydrogen-bond acceptors (Lipinski definition) is 6. The average molecular weight is 460 g/mol. The molecule has 172 valence electrons. The Kier molecular flexibility index (Phi) is 6.15. The van der Waals surface area contributed by atoms with E-state index in [1.165, 1.54) is 6.07 Å². The number of nitrogens with zero attached hydrogens (tertiary/aromatic N) is 2. The van der Waals surface area contributed by atoms with Crippen molar-refractivity contribution in [2.75, 3.05) is 25.7 Å². The Hall–Kier alpha value is -2.62. The van der Waals surface area contributed by atoms with Gasteiger partial charge in [-0.25, -0.2) is 13.6 Å². The van der Waals surface area contributed by atoms with E-state index in [2.05, 4.69) is 4.90 Å². The van der Waals surface area contributed by atoms with Gasteiger partial charge >= 0.3 is 0 Å². The first kappa shape index (κ1) is 22.6. The topological polar surface area (TPSA) is 102 Å². The third kappa shape index (κ3) is 4.60. The number of benzene rings is 2. The summed E-state index contributed by atoms with van der Waals surface area (Å²) < 4.78 is 34.3. The van der Waals surface area contributed by atoms with Gasteiger partial charge in [-0.05, 0) is 68.1 Å². The van der Waals surface area contributed by atoms with Crippen molar-refractivity contribution in [3.63, 3.8) is 0 Å². The van der Waals surface area contributed by atoms with Crippen molar-refractivity contribution in [1.29, 1.82) is 0 Å². The number of hydrogen-bond donors (Lipinski definition) is 1. The summed E-state index contributed by atoms with van der Waals surface area (Å²) in [5, 5.41) is 5.27. The van der Waals surface area contributed by atoms with Crippen molar-refractivity contribution in [1.82, 2.24) is 4.90 Å². The fourth-order valence-electron chi connectivity index (χ4n) is 4.39. The standard InChI is InChI=1S/C23H29N3O5S/c1-15-10-16-12-20(32(24,28)29)7-8-21(16)26(15)23(27)14-25(18-4-5-18)13-17-11-19(30-2)6-9-22(17)31-3/h6-9,11-12,15,18H,4-5,10,13-14H2,1-3H3,(H2,24,28,29). The third-order valence-electron chi connectivity index (χ3n) is 6.13. The second kappa shape index (κ2) is 8.73. The lowest BCUT2D eigenvalue weighted by atomic mass is 10.1. The lowest BCUT2D eigenvalue weighted by Crippen LogP contribution is -2.43. The summed E-state index contributed by atoms with van der Waals surface area (Å²) >= 11 is 0. The largest absolute Gasteiger partial charge is 0.497 e. The van der Waals surface area contributed by atoms with Crippen LogP contribution in [0.15, 0.2) is 41.3 Å². The first-order chi connectivity index (χ1) is 15.2. The van der Waals surface area contributed by atoms with Gasteiger partial charge in [0.15, 0.2) is 0 Å². The predicted octanol–water partition coefficient (Wildman–Crippen LogP) is 2.29. The molecule has 8 nitrogen and oxygen atoms in total. The molecule has 4 rings (SSSR count). The van der Waals surface area contributed by atoms with Crippen LogP contribution in [0.5, 0.6) is 11.5 Å². The van der Waals surface area contributed by atoms with Gasteiger partial charge in [0.2, 0.25) is 15.9 Å². The molecule has 2 aromatic rings. The molecule has 1 aliphatic heterocycles. The van der Waals surface area contributed by atoms with Crippen LogP contribution in [0.4, 0.5) is 5.69 Å². The summed E-state index contributed by atoms with van der Waals surface area (Å²) in [5.41, 5.74) is 2.55. The van der Waals surface area contributed by atoms with Gasteiger partial charge in [-0.1, -0.05) is 0 Å². The van der Waals surface area contributed by atoms with Crippen LogP contribution in [-0.4, -0.2) is 52.1 Å². The zero-order valence-electron chi connectivity index (χ0n) is 18.6. The Morgan fingerprint density at radius 1 is 1.16 bits per heavy atom. The van der Waals surface area contributed by atoms with Crippen LogP contribution in [0.1, 0.15) is 30.9 Å². The minimum absolute atomic E-state index is 0.00614. The fraction of sp³-hybridized carbons (Fsp3) is 0.435. The number of carbonyl (C=O) groups excluding carboxylic acids is 1. The zero-order valence-corrected chi connectivity index (χ0v) is 19.4. The van der Waals surface area contributed by atoms with E-state index < -0.39 is 10.0 Å². The summed E-state index contributed by atoms with van der Waals surface area (Å²) in [6.45, 7) is 2.82. The van der Waals surface area contributed by atoms with Gasteiger partial charge in [-0.15, -0.1) is 0 Å². The van der Waals surface area contributed by atoms with E-state index in [0.29, 0.717) is 19.0 Å². The minimum Gasteiger partial charge on any atom is -0.497 e. The lowest BCUT2D eigenvalue weighted by Gasteiger charge is -2.28. The number of carbonyl (C=O) groups is 1. The Morgan fingerprint density at radius 3 is 2.53 bits per heavy atom. The summed E-state index contributed by atoms with van der Waals surface area (Å²) in [4.78, 5) is 17.4. The molecule has 1 unspecified atom stereocenters. The molecule has 1 atom stereocenters. The Labute approximate surface area is 189 Å². The normalized spacial score (nSPS) is 18.0. The molecule has 2 N–H and O–H groups in total. The van der Waals surface area contributed by atoms with Crippen LogP contribution in [0.2, 0.25) is 0 Å². The van der Waals surface area contributed by atoms with Crippen LogP contribution in [0.3, 0.4) is 0 Å². The van der Waals surface area contributed by atoms with E-state index in [0.717, 1.165) is 41.2 Å². The minimum atomic E-state index is -3.78. The van der Waals surface area contributed by atoms with Crippen molar-refractivity contribution in [2.24, 2.45) is 5.14 Å². The van der Waals surface area contributed by atoms with Crippen molar-refractivity contribution in [2.45, 2.75) is 49.7 Å². The van der Waals surface area contributed by atoms with Crippen LogP contribution < -0.4 is 19.5 Å². The highest BCUT2D eigenvalue weighted by Gasteiger charge is 2.36. The fourth-order valence-corrected chi connectivity index (χ4v) is 4.96.